The van der Waals surface area contributed by atoms with Crippen LogP contribution in [0.15, 0.2) is 42.0 Å². The van der Waals surface area contributed by atoms with Crippen LogP contribution in [-0.2, 0) is 0 Å². The first-order valence-corrected chi connectivity index (χ1v) is 11.4. The van der Waals surface area contributed by atoms with Crippen LogP contribution in [-0.4, -0.2) is 28.2 Å². The van der Waals surface area contributed by atoms with Crippen LogP contribution in [0.4, 0.5) is 0 Å². The van der Waals surface area contributed by atoms with E-state index in [0.29, 0.717) is 17.8 Å². The van der Waals surface area contributed by atoms with E-state index in [0.717, 1.165) is 43.2 Å². The van der Waals surface area contributed by atoms with Crippen LogP contribution in [0, 0.1) is 23.7 Å². The fourth-order valence-electron chi connectivity index (χ4n) is 5.85. The molecule has 5 atom stereocenters. The number of carbonyl (C=O) groups excluding carboxylic acids is 1. The Morgan fingerprint density at radius 1 is 1.17 bits per heavy atom. The van der Waals surface area contributed by atoms with Crippen molar-refractivity contribution in [2.45, 2.75) is 70.5 Å². The van der Waals surface area contributed by atoms with Gasteiger partial charge >= 0.3 is 0 Å². The summed E-state index contributed by atoms with van der Waals surface area (Å²) in [4.78, 5) is 11.6. The van der Waals surface area contributed by atoms with Crippen molar-refractivity contribution in [3.8, 4) is 0 Å². The largest absolute Gasteiger partial charge is 0.392 e. The van der Waals surface area contributed by atoms with Gasteiger partial charge in [-0.05, 0) is 68.4 Å². The Hall–Kier alpha value is -1.71. The Morgan fingerprint density at radius 3 is 2.72 bits per heavy atom. The molecule has 0 unspecified atom stereocenters. The lowest BCUT2D eigenvalue weighted by Crippen LogP contribution is -2.22. The second-order valence-electron chi connectivity index (χ2n) is 9.47. The fraction of sp³-hybridized carbons (Fsp3) is 0.577. The minimum atomic E-state index is -0.368. The Morgan fingerprint density at radius 2 is 1.97 bits per heavy atom. The van der Waals surface area contributed by atoms with Crippen molar-refractivity contribution in [3.63, 3.8) is 0 Å². The van der Waals surface area contributed by atoms with Gasteiger partial charge in [0.15, 0.2) is 5.78 Å². The molecule has 0 heterocycles. The topological polar surface area (TPSA) is 57.5 Å². The van der Waals surface area contributed by atoms with Crippen molar-refractivity contribution >= 4 is 11.9 Å². The van der Waals surface area contributed by atoms with Crippen molar-refractivity contribution in [1.29, 1.82) is 0 Å². The third-order valence-electron chi connectivity index (χ3n) is 7.44. The minimum Gasteiger partial charge on any atom is -0.392 e. The average molecular weight is 395 g/mol. The van der Waals surface area contributed by atoms with E-state index in [4.69, 9.17) is 0 Å². The Balaban J connectivity index is 1.43. The molecule has 3 fully saturated rings. The lowest BCUT2D eigenvalue weighted by molar-refractivity contribution is 0.101. The van der Waals surface area contributed by atoms with E-state index in [-0.39, 0.29) is 23.9 Å². The molecule has 1 aromatic rings. The summed E-state index contributed by atoms with van der Waals surface area (Å²) in [5.74, 6) is 1.61. The van der Waals surface area contributed by atoms with Crippen molar-refractivity contribution in [2.75, 3.05) is 0 Å². The van der Waals surface area contributed by atoms with Gasteiger partial charge in [-0.25, -0.2) is 0 Å². The molecule has 3 heteroatoms. The molecule has 4 rings (SSSR count). The molecule has 1 aromatic carbocycles. The zero-order valence-corrected chi connectivity index (χ0v) is 17.5. The maximum Gasteiger partial charge on any atom is 0.159 e. The van der Waals surface area contributed by atoms with Crippen LogP contribution in [0.3, 0.4) is 0 Å². The summed E-state index contributed by atoms with van der Waals surface area (Å²) in [6.45, 7) is 1.60. The highest BCUT2D eigenvalue weighted by molar-refractivity contribution is 5.94. The van der Waals surface area contributed by atoms with Gasteiger partial charge in [0.2, 0.25) is 0 Å². The van der Waals surface area contributed by atoms with E-state index in [1.54, 1.807) is 6.92 Å². The minimum absolute atomic E-state index is 0.0957. The third-order valence-corrected chi connectivity index (χ3v) is 7.44. The van der Waals surface area contributed by atoms with Crippen LogP contribution in [0.1, 0.15) is 74.2 Å². The average Bonchev–Trinajstić information content (AvgIpc) is 3.23. The molecular weight excluding hydrogens is 360 g/mol. The number of aliphatic hydroxyl groups excluding tert-OH is 2. The van der Waals surface area contributed by atoms with Crippen LogP contribution in [0.25, 0.3) is 6.08 Å². The first-order chi connectivity index (χ1) is 14.0. The first-order valence-electron chi connectivity index (χ1n) is 11.4. The monoisotopic (exact) mass is 394 g/mol. The van der Waals surface area contributed by atoms with Gasteiger partial charge in [-0.15, -0.1) is 0 Å². The van der Waals surface area contributed by atoms with Crippen molar-refractivity contribution in [1.82, 2.24) is 0 Å². The van der Waals surface area contributed by atoms with Gasteiger partial charge in [-0.2, -0.15) is 0 Å². The van der Waals surface area contributed by atoms with Gasteiger partial charge in [0.1, 0.15) is 0 Å². The number of Topliss-reactive ketones (excluding diaryl/α,β-unsaturated/α-hetero) is 1. The highest BCUT2D eigenvalue weighted by Gasteiger charge is 2.45. The summed E-state index contributed by atoms with van der Waals surface area (Å²) in [5, 5.41) is 21.2. The maximum atomic E-state index is 11.6. The number of rotatable bonds is 5. The van der Waals surface area contributed by atoms with Crippen molar-refractivity contribution in [2.24, 2.45) is 23.7 Å². The number of hydrogen-bond acceptors (Lipinski definition) is 3. The molecule has 0 aliphatic heterocycles. The smallest absolute Gasteiger partial charge is 0.159 e. The van der Waals surface area contributed by atoms with Gasteiger partial charge < -0.3 is 10.2 Å². The van der Waals surface area contributed by atoms with Gasteiger partial charge in [0.25, 0.3) is 0 Å². The van der Waals surface area contributed by atoms with Crippen molar-refractivity contribution < 1.29 is 15.0 Å². The quantitative estimate of drug-likeness (QED) is 0.535. The summed E-state index contributed by atoms with van der Waals surface area (Å²) in [6.07, 6.45) is 14.5. The second kappa shape index (κ2) is 8.97. The van der Waals surface area contributed by atoms with Crippen LogP contribution < -0.4 is 0 Å². The Kier molecular flexibility index (Phi) is 6.36. The van der Waals surface area contributed by atoms with E-state index >= 15 is 0 Å². The summed E-state index contributed by atoms with van der Waals surface area (Å²) < 4.78 is 0. The predicted molar refractivity (Wildman–Crippen MR) is 116 cm³/mol. The normalized spacial score (nSPS) is 32.7. The molecule has 3 nitrogen and oxygen atoms in total. The molecule has 3 saturated carbocycles. The highest BCUT2D eigenvalue weighted by Crippen LogP contribution is 2.50. The number of ketones is 1. The number of fused-ring (bicyclic) bond motifs is 1. The molecule has 0 amide bonds. The molecule has 3 aliphatic carbocycles. The number of allylic oxidation sites excluding steroid dienone is 1. The summed E-state index contributed by atoms with van der Waals surface area (Å²) in [6, 6.07) is 7.83. The van der Waals surface area contributed by atoms with Gasteiger partial charge in [-0.1, -0.05) is 61.3 Å². The molecule has 0 aromatic heterocycles. The lowest BCUT2D eigenvalue weighted by Gasteiger charge is -2.25. The number of carbonyl (C=O) groups is 1. The van der Waals surface area contributed by atoms with Gasteiger partial charge in [0.05, 0.1) is 12.2 Å². The number of benzene rings is 1. The van der Waals surface area contributed by atoms with Gasteiger partial charge in [-0.3, -0.25) is 4.79 Å². The Labute approximate surface area is 174 Å². The van der Waals surface area contributed by atoms with Gasteiger partial charge in [0, 0.05) is 11.5 Å². The zero-order valence-electron chi connectivity index (χ0n) is 17.5. The summed E-state index contributed by atoms with van der Waals surface area (Å²) in [7, 11) is 0. The maximum absolute atomic E-state index is 11.6. The number of hydrogen-bond donors (Lipinski definition) is 2. The van der Waals surface area contributed by atoms with E-state index < -0.39 is 0 Å². The van der Waals surface area contributed by atoms with E-state index in [2.05, 4.69) is 18.2 Å². The van der Waals surface area contributed by atoms with E-state index in [1.807, 2.05) is 24.3 Å². The molecule has 3 aliphatic rings. The van der Waals surface area contributed by atoms with Crippen molar-refractivity contribution in [3.05, 3.63) is 53.1 Å². The molecule has 0 radical (unpaired) electrons. The summed E-state index contributed by atoms with van der Waals surface area (Å²) in [5.41, 5.74) is 3.26. The SMILES string of the molecule is CC(=O)c1cccc(C=C2C[C@H]3C[C@@H](O)[C@@H](C=C[C@H](O)C4CCCCC4)[C@H]3C2)c1. The first kappa shape index (κ1) is 20.6. The third kappa shape index (κ3) is 4.73. The van der Waals surface area contributed by atoms with Crippen LogP contribution in [0.2, 0.25) is 0 Å². The van der Waals surface area contributed by atoms with E-state index in [1.165, 1.54) is 24.8 Å². The number of aliphatic hydroxyl groups is 2. The molecular formula is C26H34O3. The zero-order chi connectivity index (χ0) is 20.4. The second-order valence-corrected chi connectivity index (χ2v) is 9.47. The summed E-state index contributed by atoms with van der Waals surface area (Å²) >= 11 is 0. The van der Waals surface area contributed by atoms with Crippen LogP contribution in [0.5, 0.6) is 0 Å². The highest BCUT2D eigenvalue weighted by atomic mass is 16.3. The molecule has 0 bridgehead atoms. The predicted octanol–water partition coefficient (Wildman–Crippen LogP) is 5.18. The Bertz CT molecular complexity index is 787. The molecule has 0 spiro atoms. The van der Waals surface area contributed by atoms with E-state index in [9.17, 15) is 15.0 Å². The molecule has 156 valence electrons. The fourth-order valence-corrected chi connectivity index (χ4v) is 5.85. The van der Waals surface area contributed by atoms with Crippen LogP contribution >= 0.6 is 0 Å². The lowest BCUT2D eigenvalue weighted by atomic mass is 9.84. The standard InChI is InChI=1S/C26H34O3/c1-17(27)21-9-5-6-18(13-21)12-19-14-22-16-26(29)23(24(22)15-19)10-11-25(28)20-7-3-2-4-8-20/h5-6,9-13,20,22-26,28-29H,2-4,7-8,14-16H2,1H3/t22-,23-,24-,25-,26+/m0/s1. The molecule has 2 N–H and O–H groups in total. The molecule has 0 saturated heterocycles. The molecule has 29 heavy (non-hydrogen) atoms.